The molecule has 0 N–H and O–H groups in total. The van der Waals surface area contributed by atoms with Crippen LogP contribution in [-0.4, -0.2) is 64.0 Å². The SMILES string of the molecule is CC(=O)O[C@@H]1C(OCCOCCOCCN=[N+]=[N-])O[C@@H](C)[C@@H](C)[C@H]1C. The van der Waals surface area contributed by atoms with E-state index in [1.807, 2.05) is 13.8 Å². The number of carbonyl (C=O) groups is 1. The molecule has 0 bridgehead atoms. The highest BCUT2D eigenvalue weighted by Gasteiger charge is 2.42. The molecule has 0 amide bonds. The van der Waals surface area contributed by atoms with Crippen LogP contribution in [0.4, 0.5) is 0 Å². The second kappa shape index (κ2) is 12.1. The molecular formula is C16H29N3O6. The second-order valence-electron chi connectivity index (χ2n) is 6.05. The zero-order valence-electron chi connectivity index (χ0n) is 15.4. The fraction of sp³-hybridized carbons (Fsp3) is 0.938. The van der Waals surface area contributed by atoms with Crippen molar-refractivity contribution in [2.45, 2.75) is 46.2 Å². The van der Waals surface area contributed by atoms with Crippen molar-refractivity contribution in [2.75, 3.05) is 39.6 Å². The van der Waals surface area contributed by atoms with Crippen LogP contribution in [0.5, 0.6) is 0 Å². The van der Waals surface area contributed by atoms with Gasteiger partial charge in [0.25, 0.3) is 0 Å². The maximum Gasteiger partial charge on any atom is 0.303 e. The first-order valence-corrected chi connectivity index (χ1v) is 8.58. The first-order valence-electron chi connectivity index (χ1n) is 8.58. The molecule has 0 radical (unpaired) electrons. The van der Waals surface area contributed by atoms with Gasteiger partial charge in [-0.05, 0) is 18.4 Å². The molecule has 1 unspecified atom stereocenters. The number of azide groups is 1. The van der Waals surface area contributed by atoms with Crippen LogP contribution in [-0.2, 0) is 28.5 Å². The molecule has 9 heteroatoms. The number of hydrogen-bond donors (Lipinski definition) is 0. The third-order valence-electron chi connectivity index (χ3n) is 4.29. The number of esters is 1. The molecule has 9 nitrogen and oxygen atoms in total. The Hall–Kier alpha value is -1.38. The van der Waals surface area contributed by atoms with Crippen molar-refractivity contribution in [2.24, 2.45) is 17.0 Å². The van der Waals surface area contributed by atoms with Crippen LogP contribution in [0.25, 0.3) is 10.4 Å². The van der Waals surface area contributed by atoms with Crippen molar-refractivity contribution in [1.29, 1.82) is 0 Å². The van der Waals surface area contributed by atoms with Crippen LogP contribution >= 0.6 is 0 Å². The van der Waals surface area contributed by atoms with Crippen LogP contribution in [0, 0.1) is 11.8 Å². The molecule has 1 aliphatic heterocycles. The van der Waals surface area contributed by atoms with Gasteiger partial charge in [0.05, 0.1) is 39.1 Å². The number of carbonyl (C=O) groups excluding carboxylic acids is 1. The van der Waals surface area contributed by atoms with Crippen LogP contribution in [0.15, 0.2) is 5.11 Å². The molecule has 144 valence electrons. The van der Waals surface area contributed by atoms with Gasteiger partial charge in [-0.2, -0.15) is 0 Å². The van der Waals surface area contributed by atoms with Gasteiger partial charge in [-0.25, -0.2) is 0 Å². The van der Waals surface area contributed by atoms with E-state index in [1.165, 1.54) is 6.92 Å². The first-order chi connectivity index (χ1) is 12.0. The van der Waals surface area contributed by atoms with Gasteiger partial charge in [-0.1, -0.05) is 19.0 Å². The average molecular weight is 359 g/mol. The summed E-state index contributed by atoms with van der Waals surface area (Å²) in [6, 6.07) is 0. The summed E-state index contributed by atoms with van der Waals surface area (Å²) in [5.74, 6) is 0.0657. The molecule has 1 heterocycles. The van der Waals surface area contributed by atoms with Crippen molar-refractivity contribution in [3.05, 3.63) is 10.4 Å². The summed E-state index contributed by atoms with van der Waals surface area (Å²) in [7, 11) is 0. The molecule has 1 saturated heterocycles. The van der Waals surface area contributed by atoms with Crippen LogP contribution < -0.4 is 0 Å². The fourth-order valence-corrected chi connectivity index (χ4v) is 2.57. The van der Waals surface area contributed by atoms with Gasteiger partial charge in [0.15, 0.2) is 12.4 Å². The molecule has 0 saturated carbocycles. The van der Waals surface area contributed by atoms with Crippen molar-refractivity contribution in [1.82, 2.24) is 0 Å². The van der Waals surface area contributed by atoms with Gasteiger partial charge in [0.2, 0.25) is 0 Å². The number of hydrogen-bond acceptors (Lipinski definition) is 7. The molecule has 0 aromatic rings. The number of ether oxygens (including phenoxy) is 5. The van der Waals surface area contributed by atoms with Gasteiger partial charge in [0, 0.05) is 24.3 Å². The van der Waals surface area contributed by atoms with E-state index in [4.69, 9.17) is 29.2 Å². The highest BCUT2D eigenvalue weighted by Crippen LogP contribution is 2.33. The summed E-state index contributed by atoms with van der Waals surface area (Å²) >= 11 is 0. The third-order valence-corrected chi connectivity index (χ3v) is 4.29. The van der Waals surface area contributed by atoms with Crippen molar-refractivity contribution < 1.29 is 28.5 Å². The zero-order chi connectivity index (χ0) is 18.7. The molecule has 0 aromatic carbocycles. The average Bonchev–Trinajstić information content (AvgIpc) is 2.57. The molecule has 1 aliphatic rings. The van der Waals surface area contributed by atoms with E-state index in [9.17, 15) is 4.79 Å². The van der Waals surface area contributed by atoms with Gasteiger partial charge in [-0.3, -0.25) is 4.79 Å². The molecule has 0 spiro atoms. The predicted molar refractivity (Wildman–Crippen MR) is 89.8 cm³/mol. The summed E-state index contributed by atoms with van der Waals surface area (Å²) in [6.07, 6.45) is -0.987. The second-order valence-corrected chi connectivity index (χ2v) is 6.05. The Morgan fingerprint density at radius 3 is 2.36 bits per heavy atom. The van der Waals surface area contributed by atoms with E-state index in [-0.39, 0.29) is 23.9 Å². The summed E-state index contributed by atoms with van der Waals surface area (Å²) in [5, 5.41) is 3.36. The first kappa shape index (κ1) is 21.7. The number of nitrogens with zero attached hydrogens (tertiary/aromatic N) is 3. The molecule has 0 aromatic heterocycles. The Balaban J connectivity index is 2.24. The third kappa shape index (κ3) is 8.02. The number of rotatable bonds is 11. The lowest BCUT2D eigenvalue weighted by Gasteiger charge is -2.42. The topological polar surface area (TPSA) is 112 Å². The fourth-order valence-electron chi connectivity index (χ4n) is 2.57. The monoisotopic (exact) mass is 359 g/mol. The molecular weight excluding hydrogens is 330 g/mol. The lowest BCUT2D eigenvalue weighted by atomic mass is 9.84. The smallest absolute Gasteiger partial charge is 0.303 e. The maximum absolute atomic E-state index is 11.3. The summed E-state index contributed by atoms with van der Waals surface area (Å²) < 4.78 is 27.6. The predicted octanol–water partition coefficient (Wildman–Crippen LogP) is 2.30. The van der Waals surface area contributed by atoms with Crippen LogP contribution in [0.3, 0.4) is 0 Å². The van der Waals surface area contributed by atoms with Gasteiger partial charge in [-0.15, -0.1) is 0 Å². The minimum Gasteiger partial charge on any atom is -0.457 e. The molecule has 0 aliphatic carbocycles. The van der Waals surface area contributed by atoms with Crippen molar-refractivity contribution in [3.63, 3.8) is 0 Å². The molecule has 1 fully saturated rings. The van der Waals surface area contributed by atoms with Gasteiger partial charge in [0.1, 0.15) is 0 Å². The van der Waals surface area contributed by atoms with E-state index in [2.05, 4.69) is 16.9 Å². The Morgan fingerprint density at radius 1 is 1.08 bits per heavy atom. The summed E-state index contributed by atoms with van der Waals surface area (Å²) in [4.78, 5) is 14.0. The Morgan fingerprint density at radius 2 is 1.72 bits per heavy atom. The van der Waals surface area contributed by atoms with Gasteiger partial charge >= 0.3 is 5.97 Å². The van der Waals surface area contributed by atoms with E-state index in [1.54, 1.807) is 0 Å². The van der Waals surface area contributed by atoms with E-state index >= 15 is 0 Å². The zero-order valence-corrected chi connectivity index (χ0v) is 15.4. The quantitative estimate of drug-likeness (QED) is 0.184. The van der Waals surface area contributed by atoms with Crippen LogP contribution in [0.1, 0.15) is 27.7 Å². The molecule has 25 heavy (non-hydrogen) atoms. The standard InChI is InChI=1S/C16H29N3O6/c1-11-12(2)15(25-14(4)20)16(24-13(11)3)23-10-9-22-8-7-21-6-5-18-19-17/h11-13,15-16H,5-10H2,1-4H3/t11-,12+,13-,15-,16?/m0/s1. The largest absolute Gasteiger partial charge is 0.457 e. The Bertz CT molecular complexity index is 444. The highest BCUT2D eigenvalue weighted by atomic mass is 16.7. The highest BCUT2D eigenvalue weighted by molar-refractivity contribution is 5.66. The van der Waals surface area contributed by atoms with Gasteiger partial charge < -0.3 is 23.7 Å². The van der Waals surface area contributed by atoms with Crippen LogP contribution in [0.2, 0.25) is 0 Å². The lowest BCUT2D eigenvalue weighted by molar-refractivity contribution is -0.273. The minimum absolute atomic E-state index is 0.0252. The normalized spacial score (nSPS) is 29.0. The lowest BCUT2D eigenvalue weighted by Crippen LogP contribution is -2.51. The maximum atomic E-state index is 11.3. The Labute approximate surface area is 148 Å². The van der Waals surface area contributed by atoms with E-state index < -0.39 is 12.4 Å². The molecule has 1 rings (SSSR count). The van der Waals surface area contributed by atoms with Crippen molar-refractivity contribution >= 4 is 5.97 Å². The van der Waals surface area contributed by atoms with E-state index in [0.717, 1.165) is 0 Å². The Kier molecular flexibility index (Phi) is 10.4. The summed E-state index contributed by atoms with van der Waals surface area (Å²) in [6.45, 7) is 9.72. The summed E-state index contributed by atoms with van der Waals surface area (Å²) in [5.41, 5.74) is 8.11. The van der Waals surface area contributed by atoms with E-state index in [0.29, 0.717) is 39.6 Å². The van der Waals surface area contributed by atoms with Crippen molar-refractivity contribution in [3.8, 4) is 0 Å². The molecule has 5 atom stereocenters. The minimum atomic E-state index is -0.589.